The normalized spacial score (nSPS) is 17.4. The lowest BCUT2D eigenvalue weighted by Crippen LogP contribution is -2.45. The lowest BCUT2D eigenvalue weighted by molar-refractivity contribution is -0.140. The van der Waals surface area contributed by atoms with Crippen LogP contribution in [-0.4, -0.2) is 79.1 Å². The quantitative estimate of drug-likeness (QED) is 0.171. The van der Waals surface area contributed by atoms with Crippen molar-refractivity contribution in [2.24, 2.45) is 4.99 Å². The number of rotatable bonds is 11. The van der Waals surface area contributed by atoms with Gasteiger partial charge in [0, 0.05) is 37.3 Å². The number of furan rings is 1. The molecule has 11 heteroatoms. The van der Waals surface area contributed by atoms with Crippen LogP contribution in [0.25, 0.3) is 11.0 Å². The molecule has 3 heterocycles. The molecule has 3 aromatic rings. The fraction of sp³-hybridized carbons (Fsp3) is 0.471. The van der Waals surface area contributed by atoms with Crippen molar-refractivity contribution < 1.29 is 28.3 Å². The molecule has 3 amide bonds. The Hall–Kier alpha value is -4.38. The number of fused-ring (bicyclic) bond motifs is 1. The number of aliphatic imine (C=N–C) groups is 1. The number of amides is 3. The van der Waals surface area contributed by atoms with E-state index < -0.39 is 12.1 Å². The highest BCUT2D eigenvalue weighted by molar-refractivity contribution is 6.04. The SMILES string of the molecule is Cc1cc2cc(NC(=NC3CCCCN(CC(=O)N4CCCC4)C3=O)NC(=O)OCCCCOCc3ccccc3)ccc2o1. The average molecular weight is 618 g/mol. The number of carbonyl (C=O) groups is 3. The smallest absolute Gasteiger partial charge is 0.413 e. The summed E-state index contributed by atoms with van der Waals surface area (Å²) >= 11 is 0. The second-order valence-electron chi connectivity index (χ2n) is 11.6. The van der Waals surface area contributed by atoms with Crippen molar-refractivity contribution in [3.8, 4) is 0 Å². The molecule has 2 aromatic carbocycles. The number of aryl methyl sites for hydroxylation is 1. The van der Waals surface area contributed by atoms with E-state index in [1.807, 2.05) is 66.4 Å². The van der Waals surface area contributed by atoms with Crippen molar-refractivity contribution in [2.75, 3.05) is 44.7 Å². The number of hydrogen-bond donors (Lipinski definition) is 2. The zero-order chi connectivity index (χ0) is 31.4. The van der Waals surface area contributed by atoms with E-state index >= 15 is 0 Å². The number of nitrogens with zero attached hydrogens (tertiary/aromatic N) is 3. The van der Waals surface area contributed by atoms with E-state index in [0.717, 1.165) is 67.5 Å². The van der Waals surface area contributed by atoms with Crippen LogP contribution in [0.3, 0.4) is 0 Å². The summed E-state index contributed by atoms with van der Waals surface area (Å²) in [5.74, 6) is 0.651. The van der Waals surface area contributed by atoms with Crippen LogP contribution in [0.5, 0.6) is 0 Å². The van der Waals surface area contributed by atoms with Gasteiger partial charge in [-0.15, -0.1) is 0 Å². The largest absolute Gasteiger partial charge is 0.461 e. The molecular weight excluding hydrogens is 574 g/mol. The summed E-state index contributed by atoms with van der Waals surface area (Å²) in [5.41, 5.74) is 2.52. The van der Waals surface area contributed by atoms with Gasteiger partial charge in [0.2, 0.25) is 17.8 Å². The molecule has 1 atom stereocenters. The average Bonchev–Trinajstić information content (AvgIpc) is 3.67. The van der Waals surface area contributed by atoms with Crippen molar-refractivity contribution in [1.82, 2.24) is 15.1 Å². The van der Waals surface area contributed by atoms with Gasteiger partial charge >= 0.3 is 6.09 Å². The molecule has 2 aliphatic heterocycles. The van der Waals surface area contributed by atoms with Gasteiger partial charge in [-0.05, 0) is 81.7 Å². The molecule has 240 valence electrons. The Morgan fingerprint density at radius 1 is 0.978 bits per heavy atom. The standard InChI is InChI=1S/C34H43N5O6/c1-25-21-27-22-28(14-15-30(27)45-25)35-33(37-34(42)44-20-10-9-19-43-24-26-11-3-2-4-12-26)36-29-13-5-6-18-39(32(29)41)23-31(40)38-16-7-8-17-38/h2-4,11-12,14-15,21-22,29H,5-10,13,16-20,23-24H2,1H3,(H2,35,36,37,42). The van der Waals surface area contributed by atoms with E-state index in [1.54, 1.807) is 4.90 Å². The Balaban J connectivity index is 1.20. The fourth-order valence-corrected chi connectivity index (χ4v) is 5.60. The summed E-state index contributed by atoms with van der Waals surface area (Å²) in [6, 6.07) is 16.7. The molecule has 2 fully saturated rings. The van der Waals surface area contributed by atoms with Gasteiger partial charge in [0.15, 0.2) is 0 Å². The molecule has 0 spiro atoms. The number of carbonyl (C=O) groups excluding carboxylic acids is 3. The first-order chi connectivity index (χ1) is 21.9. The van der Waals surface area contributed by atoms with Crippen molar-refractivity contribution >= 4 is 40.5 Å². The molecule has 1 unspecified atom stereocenters. The van der Waals surface area contributed by atoms with Crippen LogP contribution in [-0.2, 0) is 25.7 Å². The van der Waals surface area contributed by atoms with Gasteiger partial charge < -0.3 is 29.0 Å². The van der Waals surface area contributed by atoms with Crippen molar-refractivity contribution in [2.45, 2.75) is 64.5 Å². The second-order valence-corrected chi connectivity index (χ2v) is 11.6. The van der Waals surface area contributed by atoms with E-state index in [1.165, 1.54) is 0 Å². The zero-order valence-electron chi connectivity index (χ0n) is 26.0. The number of alkyl carbamates (subject to hydrolysis) is 1. The number of nitrogens with one attached hydrogen (secondary N) is 2. The third-order valence-electron chi connectivity index (χ3n) is 7.97. The molecule has 2 saturated heterocycles. The lowest BCUT2D eigenvalue weighted by atomic mass is 10.1. The molecule has 1 aromatic heterocycles. The van der Waals surface area contributed by atoms with Gasteiger partial charge in [0.25, 0.3) is 0 Å². The summed E-state index contributed by atoms with van der Waals surface area (Å²) in [6.07, 6.45) is 4.77. The second kappa shape index (κ2) is 16.1. The minimum atomic E-state index is -0.747. The molecular formula is C34H43N5O6. The highest BCUT2D eigenvalue weighted by atomic mass is 16.5. The Morgan fingerprint density at radius 2 is 1.76 bits per heavy atom. The third kappa shape index (κ3) is 9.55. The van der Waals surface area contributed by atoms with Crippen LogP contribution in [0.1, 0.15) is 56.3 Å². The number of anilines is 1. The van der Waals surface area contributed by atoms with Crippen LogP contribution >= 0.6 is 0 Å². The molecule has 0 aliphatic carbocycles. The number of ether oxygens (including phenoxy) is 2. The predicted octanol–water partition coefficient (Wildman–Crippen LogP) is 5.24. The molecule has 45 heavy (non-hydrogen) atoms. The lowest BCUT2D eigenvalue weighted by Gasteiger charge is -2.25. The topological polar surface area (TPSA) is 126 Å². The van der Waals surface area contributed by atoms with Gasteiger partial charge in [-0.1, -0.05) is 30.3 Å². The summed E-state index contributed by atoms with van der Waals surface area (Å²) in [7, 11) is 0. The fourth-order valence-electron chi connectivity index (χ4n) is 5.60. The highest BCUT2D eigenvalue weighted by Crippen LogP contribution is 2.23. The van der Waals surface area contributed by atoms with Crippen LogP contribution < -0.4 is 10.6 Å². The molecule has 0 saturated carbocycles. The van der Waals surface area contributed by atoms with E-state index in [0.29, 0.717) is 38.3 Å². The van der Waals surface area contributed by atoms with E-state index in [4.69, 9.17) is 13.9 Å². The highest BCUT2D eigenvalue weighted by Gasteiger charge is 2.30. The van der Waals surface area contributed by atoms with E-state index in [9.17, 15) is 14.4 Å². The summed E-state index contributed by atoms with van der Waals surface area (Å²) < 4.78 is 16.8. The molecule has 2 N–H and O–H groups in total. The van der Waals surface area contributed by atoms with E-state index in [-0.39, 0.29) is 30.9 Å². The number of hydrogen-bond acceptors (Lipinski definition) is 7. The Kier molecular flexibility index (Phi) is 11.4. The minimum Gasteiger partial charge on any atom is -0.461 e. The number of likely N-dealkylation sites (tertiary alicyclic amines) is 2. The van der Waals surface area contributed by atoms with Gasteiger partial charge in [-0.2, -0.15) is 0 Å². The van der Waals surface area contributed by atoms with Crippen molar-refractivity contribution in [3.05, 3.63) is 65.9 Å². The molecule has 5 rings (SSSR count). The molecule has 0 bridgehead atoms. The van der Waals surface area contributed by atoms with Crippen LogP contribution in [0.2, 0.25) is 0 Å². The van der Waals surface area contributed by atoms with Gasteiger partial charge in [0.05, 0.1) is 19.8 Å². The number of unbranched alkanes of at least 4 members (excludes halogenated alkanes) is 1. The predicted molar refractivity (Wildman–Crippen MR) is 172 cm³/mol. The first kappa shape index (κ1) is 32.0. The maximum Gasteiger partial charge on any atom is 0.413 e. The maximum absolute atomic E-state index is 13.6. The van der Waals surface area contributed by atoms with E-state index in [2.05, 4.69) is 15.6 Å². The van der Waals surface area contributed by atoms with Crippen molar-refractivity contribution in [3.63, 3.8) is 0 Å². The molecule has 11 nitrogen and oxygen atoms in total. The Morgan fingerprint density at radius 3 is 2.58 bits per heavy atom. The molecule has 0 radical (unpaired) electrons. The zero-order valence-corrected chi connectivity index (χ0v) is 26.0. The summed E-state index contributed by atoms with van der Waals surface area (Å²) in [4.78, 5) is 47.4. The van der Waals surface area contributed by atoms with Gasteiger partial charge in [-0.3, -0.25) is 14.9 Å². The Bertz CT molecular complexity index is 1470. The summed E-state index contributed by atoms with van der Waals surface area (Å²) in [6.45, 7) is 5.23. The molecule has 2 aliphatic rings. The first-order valence-corrected chi connectivity index (χ1v) is 15.9. The monoisotopic (exact) mass is 617 g/mol. The Labute approximate surface area is 263 Å². The van der Waals surface area contributed by atoms with Gasteiger partial charge in [-0.25, -0.2) is 9.79 Å². The minimum absolute atomic E-state index is 0.0281. The van der Waals surface area contributed by atoms with Crippen LogP contribution in [0.4, 0.5) is 10.5 Å². The van der Waals surface area contributed by atoms with Crippen molar-refractivity contribution in [1.29, 1.82) is 0 Å². The maximum atomic E-state index is 13.6. The summed E-state index contributed by atoms with van der Waals surface area (Å²) in [5, 5.41) is 6.77. The number of benzene rings is 2. The van der Waals surface area contributed by atoms with Crippen LogP contribution in [0, 0.1) is 6.92 Å². The third-order valence-corrected chi connectivity index (χ3v) is 7.97. The first-order valence-electron chi connectivity index (χ1n) is 15.9. The van der Waals surface area contributed by atoms with Crippen LogP contribution in [0.15, 0.2) is 64.0 Å². The number of guanidine groups is 1. The van der Waals surface area contributed by atoms with Gasteiger partial charge in [0.1, 0.15) is 17.4 Å².